The van der Waals surface area contributed by atoms with Crippen LogP contribution < -0.4 is 4.90 Å². The summed E-state index contributed by atoms with van der Waals surface area (Å²) in [7, 11) is -3.28. The normalized spacial score (nSPS) is 16.2. The first-order valence-electron chi connectivity index (χ1n) is 8.97. The molecular formula is C17H16F4N6O3S. The van der Waals surface area contributed by atoms with E-state index < -0.39 is 33.3 Å². The predicted molar refractivity (Wildman–Crippen MR) is 102 cm³/mol. The molecule has 3 aromatic rings. The van der Waals surface area contributed by atoms with E-state index in [1.807, 2.05) is 4.90 Å². The summed E-state index contributed by atoms with van der Waals surface area (Å²) in [6, 6.07) is 2.97. The van der Waals surface area contributed by atoms with Crippen molar-refractivity contribution in [2.24, 2.45) is 0 Å². The Morgan fingerprint density at radius 2 is 1.74 bits per heavy atom. The topological polar surface area (TPSA) is 104 Å². The third kappa shape index (κ3) is 3.99. The molecule has 1 N–H and O–H groups in total. The molecule has 4 rings (SSSR count). The number of sulfonamides is 1. The van der Waals surface area contributed by atoms with Gasteiger partial charge in [0.1, 0.15) is 0 Å². The second kappa shape index (κ2) is 7.30. The Hall–Kier alpha value is -3.00. The van der Waals surface area contributed by atoms with Crippen LogP contribution in [0.4, 0.5) is 23.4 Å². The third-order valence-electron chi connectivity index (χ3n) is 4.92. The van der Waals surface area contributed by atoms with E-state index in [4.69, 9.17) is 0 Å². The highest BCUT2D eigenvalue weighted by molar-refractivity contribution is 7.88. The van der Waals surface area contributed by atoms with Gasteiger partial charge < -0.3 is 10.0 Å². The summed E-state index contributed by atoms with van der Waals surface area (Å²) in [6.45, 7) is 1.35. The van der Waals surface area contributed by atoms with E-state index in [1.54, 1.807) is 6.07 Å². The lowest BCUT2D eigenvalue weighted by Crippen LogP contribution is -2.48. The largest absolute Gasteiger partial charge is 0.505 e. The number of hydrogen-bond donors (Lipinski definition) is 1. The first-order valence-corrected chi connectivity index (χ1v) is 10.8. The van der Waals surface area contributed by atoms with Gasteiger partial charge in [-0.1, -0.05) is 0 Å². The van der Waals surface area contributed by atoms with E-state index in [2.05, 4.69) is 15.3 Å². The quantitative estimate of drug-likeness (QED) is 0.594. The summed E-state index contributed by atoms with van der Waals surface area (Å²) in [5.74, 6) is -2.48. The van der Waals surface area contributed by atoms with Gasteiger partial charge >= 0.3 is 6.18 Å². The number of benzene rings is 1. The van der Waals surface area contributed by atoms with Crippen molar-refractivity contribution in [3.05, 3.63) is 35.8 Å². The van der Waals surface area contributed by atoms with E-state index in [-0.39, 0.29) is 24.4 Å². The molecule has 0 spiro atoms. The van der Waals surface area contributed by atoms with Crippen LogP contribution in [0, 0.1) is 5.82 Å². The second-order valence-corrected chi connectivity index (χ2v) is 8.99. The van der Waals surface area contributed by atoms with Crippen LogP contribution >= 0.6 is 0 Å². The number of anilines is 1. The second-order valence-electron chi connectivity index (χ2n) is 7.01. The van der Waals surface area contributed by atoms with Gasteiger partial charge in [-0.05, 0) is 12.1 Å². The third-order valence-corrected chi connectivity index (χ3v) is 6.23. The van der Waals surface area contributed by atoms with Crippen LogP contribution in [0.15, 0.2) is 24.4 Å². The fourth-order valence-corrected chi connectivity index (χ4v) is 4.16. The summed E-state index contributed by atoms with van der Waals surface area (Å²) in [6.07, 6.45) is -2.51. The van der Waals surface area contributed by atoms with Gasteiger partial charge in [-0.25, -0.2) is 17.5 Å². The SMILES string of the molecule is CS(=O)(=O)N1CCN(c2cc3cnn(-c4cc(O)c(F)c(C(F)(F)F)c4)c3nn2)CC1. The molecule has 0 bridgehead atoms. The molecule has 0 atom stereocenters. The Bertz CT molecular complexity index is 1250. The molecule has 0 saturated carbocycles. The van der Waals surface area contributed by atoms with Gasteiger partial charge in [0.05, 0.1) is 23.7 Å². The Kier molecular flexibility index (Phi) is 5.00. The maximum Gasteiger partial charge on any atom is 0.419 e. The van der Waals surface area contributed by atoms with Crippen molar-refractivity contribution < 1.29 is 31.1 Å². The van der Waals surface area contributed by atoms with Gasteiger partial charge in [0.15, 0.2) is 23.0 Å². The predicted octanol–water partition coefficient (Wildman–Crippen LogP) is 1.76. The maximum atomic E-state index is 13.7. The lowest BCUT2D eigenvalue weighted by Gasteiger charge is -2.33. The Morgan fingerprint density at radius 3 is 2.35 bits per heavy atom. The van der Waals surface area contributed by atoms with Gasteiger partial charge in [0.2, 0.25) is 10.0 Å². The Balaban J connectivity index is 1.66. The molecule has 0 unspecified atom stereocenters. The monoisotopic (exact) mass is 460 g/mol. The van der Waals surface area contributed by atoms with Gasteiger partial charge in [0.25, 0.3) is 0 Å². The van der Waals surface area contributed by atoms with Crippen molar-refractivity contribution >= 4 is 26.9 Å². The van der Waals surface area contributed by atoms with E-state index in [1.165, 1.54) is 10.5 Å². The average molecular weight is 460 g/mol. The van der Waals surface area contributed by atoms with E-state index in [0.29, 0.717) is 30.4 Å². The molecule has 0 radical (unpaired) electrons. The zero-order valence-electron chi connectivity index (χ0n) is 16.0. The molecule has 2 aromatic heterocycles. The minimum atomic E-state index is -5.01. The minimum Gasteiger partial charge on any atom is -0.505 e. The number of nitrogens with zero attached hydrogens (tertiary/aromatic N) is 6. The molecule has 1 fully saturated rings. The standard InChI is InChI=1S/C17H16F4N6O3S/c1-31(29,30)26-4-2-25(3-5-26)14-6-10-9-22-27(16(10)24-23-14)11-7-12(17(19,20)21)15(18)13(28)8-11/h6-9,28H,2-5H2,1H3. The molecule has 166 valence electrons. The molecular weight excluding hydrogens is 444 g/mol. The minimum absolute atomic E-state index is 0.109. The zero-order chi connectivity index (χ0) is 22.6. The number of piperazine rings is 1. The first kappa shape index (κ1) is 21.2. The van der Waals surface area contributed by atoms with E-state index in [9.17, 15) is 31.1 Å². The number of phenolic OH excluding ortho intramolecular Hbond substituents is 1. The molecule has 31 heavy (non-hydrogen) atoms. The van der Waals surface area contributed by atoms with Crippen molar-refractivity contribution in [1.82, 2.24) is 24.3 Å². The number of aromatic hydroxyl groups is 1. The van der Waals surface area contributed by atoms with Crippen molar-refractivity contribution in [1.29, 1.82) is 0 Å². The van der Waals surface area contributed by atoms with Crippen LogP contribution in [-0.4, -0.2) is 70.2 Å². The fourth-order valence-electron chi connectivity index (χ4n) is 3.34. The van der Waals surface area contributed by atoms with Crippen LogP contribution in [-0.2, 0) is 16.2 Å². The van der Waals surface area contributed by atoms with Crippen molar-refractivity contribution in [3.8, 4) is 11.4 Å². The highest BCUT2D eigenvalue weighted by Gasteiger charge is 2.36. The summed E-state index contributed by atoms with van der Waals surface area (Å²) < 4.78 is 78.6. The molecule has 1 aliphatic rings. The summed E-state index contributed by atoms with van der Waals surface area (Å²) >= 11 is 0. The highest BCUT2D eigenvalue weighted by atomic mass is 32.2. The zero-order valence-corrected chi connectivity index (χ0v) is 16.8. The number of hydrogen-bond acceptors (Lipinski definition) is 7. The van der Waals surface area contributed by atoms with Crippen molar-refractivity contribution in [3.63, 3.8) is 0 Å². The van der Waals surface area contributed by atoms with Crippen LogP contribution in [0.1, 0.15) is 5.56 Å². The molecule has 1 aliphatic heterocycles. The molecule has 0 amide bonds. The number of fused-ring (bicyclic) bond motifs is 1. The van der Waals surface area contributed by atoms with Crippen LogP contribution in [0.2, 0.25) is 0 Å². The van der Waals surface area contributed by atoms with Gasteiger partial charge in [-0.2, -0.15) is 22.6 Å². The van der Waals surface area contributed by atoms with Crippen LogP contribution in [0.5, 0.6) is 5.75 Å². The molecule has 14 heteroatoms. The fraction of sp³-hybridized carbons (Fsp3) is 0.353. The van der Waals surface area contributed by atoms with Crippen molar-refractivity contribution in [2.75, 3.05) is 37.3 Å². The van der Waals surface area contributed by atoms with Crippen LogP contribution in [0.3, 0.4) is 0 Å². The molecule has 9 nitrogen and oxygen atoms in total. The molecule has 3 heterocycles. The number of aromatic nitrogens is 4. The number of rotatable bonds is 3. The van der Waals surface area contributed by atoms with Gasteiger partial charge in [-0.3, -0.25) is 0 Å². The number of phenols is 1. The number of halogens is 4. The van der Waals surface area contributed by atoms with E-state index >= 15 is 0 Å². The van der Waals surface area contributed by atoms with Gasteiger partial charge in [0, 0.05) is 37.6 Å². The number of alkyl halides is 3. The average Bonchev–Trinajstić information content (AvgIpc) is 3.11. The molecule has 0 aliphatic carbocycles. The summed E-state index contributed by atoms with van der Waals surface area (Å²) in [4.78, 5) is 1.83. The highest BCUT2D eigenvalue weighted by Crippen LogP contribution is 2.36. The van der Waals surface area contributed by atoms with Crippen LogP contribution in [0.25, 0.3) is 16.7 Å². The Labute approximate surface area is 173 Å². The first-order chi connectivity index (χ1) is 14.4. The Morgan fingerprint density at radius 1 is 1.06 bits per heavy atom. The molecule has 1 aromatic carbocycles. The lowest BCUT2D eigenvalue weighted by atomic mass is 10.1. The lowest BCUT2D eigenvalue weighted by molar-refractivity contribution is -0.140. The maximum absolute atomic E-state index is 13.7. The smallest absolute Gasteiger partial charge is 0.419 e. The summed E-state index contributed by atoms with van der Waals surface area (Å²) in [5, 5.41) is 22.2. The van der Waals surface area contributed by atoms with E-state index in [0.717, 1.165) is 17.0 Å². The molecule has 1 saturated heterocycles. The van der Waals surface area contributed by atoms with Crippen molar-refractivity contribution in [2.45, 2.75) is 6.18 Å². The van der Waals surface area contributed by atoms with Gasteiger partial charge in [-0.15, -0.1) is 10.2 Å². The summed E-state index contributed by atoms with van der Waals surface area (Å²) in [5.41, 5.74) is -1.75.